The summed E-state index contributed by atoms with van der Waals surface area (Å²) in [6.07, 6.45) is 1.52. The van der Waals surface area contributed by atoms with Gasteiger partial charge in [0.1, 0.15) is 5.75 Å². The van der Waals surface area contributed by atoms with Crippen molar-refractivity contribution < 1.29 is 4.74 Å². The molecule has 106 valence electrons. The van der Waals surface area contributed by atoms with Gasteiger partial charge in [-0.25, -0.2) is 0 Å². The van der Waals surface area contributed by atoms with Crippen molar-refractivity contribution in [2.24, 2.45) is 5.73 Å². The van der Waals surface area contributed by atoms with E-state index in [1.54, 1.807) is 6.20 Å². The minimum atomic E-state index is -0.235. The lowest BCUT2D eigenvalue weighted by molar-refractivity contribution is 0.176. The molecular weight excluding hydrogens is 248 g/mol. The van der Waals surface area contributed by atoms with Crippen molar-refractivity contribution in [3.05, 3.63) is 59.9 Å². The van der Waals surface area contributed by atoms with Crippen LogP contribution in [-0.4, -0.2) is 11.0 Å². The van der Waals surface area contributed by atoms with Crippen LogP contribution in [0.1, 0.15) is 44.1 Å². The predicted molar refractivity (Wildman–Crippen MR) is 81.8 cm³/mol. The van der Waals surface area contributed by atoms with E-state index in [1.165, 1.54) is 5.56 Å². The predicted octanol–water partition coefficient (Wildman–Crippen LogP) is 3.67. The average molecular weight is 270 g/mol. The molecule has 20 heavy (non-hydrogen) atoms. The van der Waals surface area contributed by atoms with E-state index in [4.69, 9.17) is 10.5 Å². The lowest BCUT2D eigenvalue weighted by Crippen LogP contribution is -2.29. The lowest BCUT2D eigenvalue weighted by atomic mass is 10.0. The molecule has 0 fully saturated rings. The SMILES string of the molecule is CC(C)c1ccc(OC(c2ccccn2)C(C)N)cc1. The molecule has 2 aromatic rings. The highest BCUT2D eigenvalue weighted by Gasteiger charge is 2.19. The molecule has 0 aliphatic rings. The molecule has 1 heterocycles. The number of hydrogen-bond acceptors (Lipinski definition) is 3. The van der Waals surface area contributed by atoms with Crippen LogP contribution in [0.3, 0.4) is 0 Å². The molecule has 0 saturated heterocycles. The van der Waals surface area contributed by atoms with Crippen molar-refractivity contribution in [1.29, 1.82) is 0 Å². The lowest BCUT2D eigenvalue weighted by Gasteiger charge is -2.22. The third kappa shape index (κ3) is 3.58. The Kier molecular flexibility index (Phi) is 4.74. The van der Waals surface area contributed by atoms with Gasteiger partial charge in [0.05, 0.1) is 5.69 Å². The molecule has 1 aromatic heterocycles. The van der Waals surface area contributed by atoms with Gasteiger partial charge in [0.15, 0.2) is 6.10 Å². The molecule has 2 N–H and O–H groups in total. The van der Waals surface area contributed by atoms with E-state index in [-0.39, 0.29) is 12.1 Å². The monoisotopic (exact) mass is 270 g/mol. The zero-order valence-electron chi connectivity index (χ0n) is 12.3. The van der Waals surface area contributed by atoms with E-state index in [0.717, 1.165) is 11.4 Å². The van der Waals surface area contributed by atoms with Gasteiger partial charge in [0, 0.05) is 12.2 Å². The van der Waals surface area contributed by atoms with Gasteiger partial charge < -0.3 is 10.5 Å². The van der Waals surface area contributed by atoms with Crippen LogP contribution in [-0.2, 0) is 0 Å². The molecule has 3 heteroatoms. The minimum absolute atomic E-state index is 0.130. The van der Waals surface area contributed by atoms with Gasteiger partial charge in [-0.05, 0) is 42.7 Å². The topological polar surface area (TPSA) is 48.1 Å². The first-order chi connectivity index (χ1) is 9.58. The van der Waals surface area contributed by atoms with Crippen LogP contribution in [0.4, 0.5) is 0 Å². The molecule has 0 saturated carbocycles. The normalized spacial score (nSPS) is 14.1. The van der Waals surface area contributed by atoms with Crippen LogP contribution < -0.4 is 10.5 Å². The Bertz CT molecular complexity index is 520. The third-order valence-electron chi connectivity index (χ3n) is 3.27. The van der Waals surface area contributed by atoms with Gasteiger partial charge in [-0.2, -0.15) is 0 Å². The molecule has 0 aliphatic heterocycles. The Balaban J connectivity index is 2.17. The number of pyridine rings is 1. The Morgan fingerprint density at radius 2 is 1.70 bits per heavy atom. The zero-order valence-corrected chi connectivity index (χ0v) is 12.3. The molecule has 1 aromatic carbocycles. The second-order valence-electron chi connectivity index (χ2n) is 5.38. The van der Waals surface area contributed by atoms with E-state index in [2.05, 4.69) is 31.0 Å². The van der Waals surface area contributed by atoms with Crippen LogP contribution in [0.25, 0.3) is 0 Å². The number of nitrogens with two attached hydrogens (primary N) is 1. The van der Waals surface area contributed by atoms with Gasteiger partial charge >= 0.3 is 0 Å². The Labute approximate surface area is 120 Å². The van der Waals surface area contributed by atoms with E-state index in [9.17, 15) is 0 Å². The van der Waals surface area contributed by atoms with Crippen molar-refractivity contribution in [3.8, 4) is 5.75 Å². The van der Waals surface area contributed by atoms with Crippen LogP contribution in [0.2, 0.25) is 0 Å². The van der Waals surface area contributed by atoms with E-state index >= 15 is 0 Å². The summed E-state index contributed by atoms with van der Waals surface area (Å²) < 4.78 is 6.01. The van der Waals surface area contributed by atoms with Gasteiger partial charge in [0.2, 0.25) is 0 Å². The fourth-order valence-electron chi connectivity index (χ4n) is 2.06. The average Bonchev–Trinajstić information content (AvgIpc) is 2.46. The number of ether oxygens (including phenoxy) is 1. The van der Waals surface area contributed by atoms with Crippen LogP contribution >= 0.6 is 0 Å². The third-order valence-corrected chi connectivity index (χ3v) is 3.27. The molecule has 0 bridgehead atoms. The molecule has 2 atom stereocenters. The zero-order chi connectivity index (χ0) is 14.5. The summed E-state index contributed by atoms with van der Waals surface area (Å²) in [6.45, 7) is 6.28. The number of hydrogen-bond donors (Lipinski definition) is 1. The maximum atomic E-state index is 6.03. The van der Waals surface area contributed by atoms with Crippen molar-refractivity contribution in [2.45, 2.75) is 38.8 Å². The number of nitrogens with zero attached hydrogens (tertiary/aromatic N) is 1. The number of benzene rings is 1. The first-order valence-electron chi connectivity index (χ1n) is 7.01. The van der Waals surface area contributed by atoms with Crippen molar-refractivity contribution in [3.63, 3.8) is 0 Å². The van der Waals surface area contributed by atoms with Crippen LogP contribution in [0.15, 0.2) is 48.7 Å². The summed E-state index contributed by atoms with van der Waals surface area (Å²) in [5.41, 5.74) is 8.19. The highest BCUT2D eigenvalue weighted by Crippen LogP contribution is 2.24. The highest BCUT2D eigenvalue weighted by atomic mass is 16.5. The van der Waals surface area contributed by atoms with E-state index in [0.29, 0.717) is 5.92 Å². The molecule has 3 nitrogen and oxygen atoms in total. The van der Waals surface area contributed by atoms with Crippen LogP contribution in [0, 0.1) is 0 Å². The van der Waals surface area contributed by atoms with Crippen molar-refractivity contribution in [2.75, 3.05) is 0 Å². The fourth-order valence-corrected chi connectivity index (χ4v) is 2.06. The second kappa shape index (κ2) is 6.53. The Hall–Kier alpha value is -1.87. The van der Waals surface area contributed by atoms with Crippen molar-refractivity contribution in [1.82, 2.24) is 4.98 Å². The first kappa shape index (κ1) is 14.5. The van der Waals surface area contributed by atoms with E-state index in [1.807, 2.05) is 37.3 Å². The fraction of sp³-hybridized carbons (Fsp3) is 0.353. The molecular formula is C17H22N2O. The Morgan fingerprint density at radius 3 is 2.20 bits per heavy atom. The molecule has 2 rings (SSSR count). The summed E-state index contributed by atoms with van der Waals surface area (Å²) in [6, 6.07) is 13.8. The first-order valence-corrected chi connectivity index (χ1v) is 7.01. The second-order valence-corrected chi connectivity index (χ2v) is 5.38. The molecule has 0 radical (unpaired) electrons. The molecule has 2 unspecified atom stereocenters. The van der Waals surface area contributed by atoms with Gasteiger partial charge in [-0.1, -0.05) is 32.0 Å². The Morgan fingerprint density at radius 1 is 1.00 bits per heavy atom. The smallest absolute Gasteiger partial charge is 0.155 e. The number of rotatable bonds is 5. The van der Waals surface area contributed by atoms with Gasteiger partial charge in [0.25, 0.3) is 0 Å². The summed E-state index contributed by atoms with van der Waals surface area (Å²) in [5, 5.41) is 0. The maximum absolute atomic E-state index is 6.03. The largest absolute Gasteiger partial charge is 0.483 e. The van der Waals surface area contributed by atoms with Crippen molar-refractivity contribution >= 4 is 0 Å². The number of aromatic nitrogens is 1. The summed E-state index contributed by atoms with van der Waals surface area (Å²) in [7, 11) is 0. The summed E-state index contributed by atoms with van der Waals surface area (Å²) >= 11 is 0. The van der Waals surface area contributed by atoms with E-state index < -0.39 is 0 Å². The van der Waals surface area contributed by atoms with Gasteiger partial charge in [-0.3, -0.25) is 4.98 Å². The maximum Gasteiger partial charge on any atom is 0.155 e. The molecule has 0 amide bonds. The minimum Gasteiger partial charge on any atom is -0.483 e. The van der Waals surface area contributed by atoms with Gasteiger partial charge in [-0.15, -0.1) is 0 Å². The highest BCUT2D eigenvalue weighted by molar-refractivity contribution is 5.29. The molecule has 0 aliphatic carbocycles. The standard InChI is InChI=1S/C17H22N2O/c1-12(2)14-7-9-15(10-8-14)20-17(13(3)18)16-6-4-5-11-19-16/h4-13,17H,18H2,1-3H3. The molecule has 0 spiro atoms. The summed E-state index contributed by atoms with van der Waals surface area (Å²) in [5.74, 6) is 1.34. The summed E-state index contributed by atoms with van der Waals surface area (Å²) in [4.78, 5) is 4.34. The van der Waals surface area contributed by atoms with Crippen LogP contribution in [0.5, 0.6) is 5.75 Å². The quantitative estimate of drug-likeness (QED) is 0.901.